The summed E-state index contributed by atoms with van der Waals surface area (Å²) in [5.74, 6) is 0.633. The molecule has 4 heteroatoms. The maximum atomic E-state index is 12.2. The zero-order valence-corrected chi connectivity index (χ0v) is 13.1. The van der Waals surface area contributed by atoms with Crippen molar-refractivity contribution in [3.8, 4) is 5.75 Å². The van der Waals surface area contributed by atoms with Gasteiger partial charge in [0.05, 0.1) is 18.8 Å². The van der Waals surface area contributed by atoms with Gasteiger partial charge in [0, 0.05) is 12.1 Å². The third kappa shape index (κ3) is 4.33. The van der Waals surface area contributed by atoms with Crippen molar-refractivity contribution >= 4 is 11.5 Å². The SMILES string of the molecule is CCOc1ccc(C(=O)CNCc2ccc(C)cc2)cc1N. The molecule has 0 unspecified atom stereocenters. The van der Waals surface area contributed by atoms with Crippen molar-refractivity contribution in [2.75, 3.05) is 18.9 Å². The van der Waals surface area contributed by atoms with Crippen molar-refractivity contribution in [2.24, 2.45) is 0 Å². The molecule has 0 atom stereocenters. The van der Waals surface area contributed by atoms with Gasteiger partial charge in [-0.2, -0.15) is 0 Å². The molecule has 2 aromatic carbocycles. The highest BCUT2D eigenvalue weighted by Gasteiger charge is 2.08. The number of nitrogens with two attached hydrogens (primary N) is 1. The molecule has 0 aromatic heterocycles. The predicted molar refractivity (Wildman–Crippen MR) is 89.2 cm³/mol. The van der Waals surface area contributed by atoms with E-state index in [9.17, 15) is 4.79 Å². The number of hydrogen-bond acceptors (Lipinski definition) is 4. The number of hydrogen-bond donors (Lipinski definition) is 2. The molecule has 116 valence electrons. The van der Waals surface area contributed by atoms with E-state index in [1.807, 2.05) is 6.92 Å². The highest BCUT2D eigenvalue weighted by molar-refractivity contribution is 5.98. The lowest BCUT2D eigenvalue weighted by atomic mass is 10.1. The van der Waals surface area contributed by atoms with Crippen molar-refractivity contribution in [1.29, 1.82) is 0 Å². The zero-order chi connectivity index (χ0) is 15.9. The Hall–Kier alpha value is -2.33. The lowest BCUT2D eigenvalue weighted by molar-refractivity contribution is 0.0991. The fourth-order valence-corrected chi connectivity index (χ4v) is 2.14. The van der Waals surface area contributed by atoms with Gasteiger partial charge in [-0.05, 0) is 37.6 Å². The van der Waals surface area contributed by atoms with E-state index < -0.39 is 0 Å². The molecule has 22 heavy (non-hydrogen) atoms. The summed E-state index contributed by atoms with van der Waals surface area (Å²) in [6.07, 6.45) is 0. The van der Waals surface area contributed by atoms with Crippen LogP contribution in [0.15, 0.2) is 42.5 Å². The number of carbonyl (C=O) groups is 1. The second-order valence-corrected chi connectivity index (χ2v) is 5.20. The van der Waals surface area contributed by atoms with E-state index in [1.165, 1.54) is 5.56 Å². The molecule has 2 rings (SSSR count). The summed E-state index contributed by atoms with van der Waals surface area (Å²) in [6.45, 7) is 5.44. The zero-order valence-electron chi connectivity index (χ0n) is 13.1. The summed E-state index contributed by atoms with van der Waals surface area (Å²) < 4.78 is 5.37. The van der Waals surface area contributed by atoms with Gasteiger partial charge >= 0.3 is 0 Å². The Morgan fingerprint density at radius 2 is 1.91 bits per heavy atom. The van der Waals surface area contributed by atoms with Gasteiger partial charge < -0.3 is 15.8 Å². The van der Waals surface area contributed by atoms with E-state index in [1.54, 1.807) is 18.2 Å². The van der Waals surface area contributed by atoms with Crippen LogP contribution in [0, 0.1) is 6.92 Å². The first-order valence-corrected chi connectivity index (χ1v) is 7.42. The molecule has 0 heterocycles. The average Bonchev–Trinajstić information content (AvgIpc) is 2.51. The Morgan fingerprint density at radius 1 is 1.18 bits per heavy atom. The monoisotopic (exact) mass is 298 g/mol. The molecule has 0 fully saturated rings. The molecule has 2 aromatic rings. The maximum absolute atomic E-state index is 12.2. The average molecular weight is 298 g/mol. The van der Waals surface area contributed by atoms with Crippen LogP contribution in [0.3, 0.4) is 0 Å². The van der Waals surface area contributed by atoms with E-state index >= 15 is 0 Å². The van der Waals surface area contributed by atoms with Gasteiger partial charge in [-0.15, -0.1) is 0 Å². The number of rotatable bonds is 7. The van der Waals surface area contributed by atoms with Crippen molar-refractivity contribution in [3.63, 3.8) is 0 Å². The van der Waals surface area contributed by atoms with Crippen LogP contribution in [0.5, 0.6) is 5.75 Å². The highest BCUT2D eigenvalue weighted by Crippen LogP contribution is 2.22. The molecular weight excluding hydrogens is 276 g/mol. The van der Waals surface area contributed by atoms with Gasteiger partial charge in [0.15, 0.2) is 5.78 Å². The van der Waals surface area contributed by atoms with Crippen LogP contribution in [0.2, 0.25) is 0 Å². The number of ether oxygens (including phenoxy) is 1. The van der Waals surface area contributed by atoms with Crippen LogP contribution >= 0.6 is 0 Å². The Morgan fingerprint density at radius 3 is 2.55 bits per heavy atom. The molecule has 0 saturated carbocycles. The molecule has 0 aliphatic rings. The van der Waals surface area contributed by atoms with Crippen LogP contribution in [0.4, 0.5) is 5.69 Å². The third-order valence-electron chi connectivity index (χ3n) is 3.37. The number of ketones is 1. The molecule has 0 saturated heterocycles. The predicted octanol–water partition coefficient (Wildman–Crippen LogP) is 2.95. The minimum atomic E-state index is 0.0156. The van der Waals surface area contributed by atoms with Gasteiger partial charge in [0.25, 0.3) is 0 Å². The molecule has 0 aliphatic carbocycles. The van der Waals surface area contributed by atoms with Crippen LogP contribution < -0.4 is 15.8 Å². The molecule has 0 amide bonds. The molecule has 4 nitrogen and oxygen atoms in total. The molecular formula is C18H22N2O2. The second kappa shape index (κ2) is 7.61. The van der Waals surface area contributed by atoms with E-state index in [2.05, 4.69) is 36.5 Å². The maximum Gasteiger partial charge on any atom is 0.176 e. The number of aryl methyl sites for hydroxylation is 1. The fourth-order valence-electron chi connectivity index (χ4n) is 2.14. The van der Waals surface area contributed by atoms with Crippen LogP contribution in [0.1, 0.15) is 28.4 Å². The van der Waals surface area contributed by atoms with Gasteiger partial charge in [0.2, 0.25) is 0 Å². The van der Waals surface area contributed by atoms with E-state index in [0.29, 0.717) is 30.2 Å². The number of Topliss-reactive ketones (excluding diaryl/α,β-unsaturated/α-hetero) is 1. The summed E-state index contributed by atoms with van der Waals surface area (Å²) in [5, 5.41) is 3.16. The van der Waals surface area contributed by atoms with E-state index in [0.717, 1.165) is 5.56 Å². The summed E-state index contributed by atoms with van der Waals surface area (Å²) in [4.78, 5) is 12.2. The summed E-state index contributed by atoms with van der Waals surface area (Å²) in [5.41, 5.74) is 9.35. The quantitative estimate of drug-likeness (QED) is 0.609. The van der Waals surface area contributed by atoms with Crippen LogP contribution in [-0.2, 0) is 6.54 Å². The summed E-state index contributed by atoms with van der Waals surface area (Å²) in [6, 6.07) is 13.4. The van der Waals surface area contributed by atoms with Crippen molar-refractivity contribution in [2.45, 2.75) is 20.4 Å². The fraction of sp³-hybridized carbons (Fsp3) is 0.278. The van der Waals surface area contributed by atoms with Crippen LogP contribution in [-0.4, -0.2) is 18.9 Å². The molecule has 0 bridgehead atoms. The standard InChI is InChI=1S/C18H22N2O2/c1-3-22-18-9-8-15(10-16(18)19)17(21)12-20-11-14-6-4-13(2)5-7-14/h4-10,20H,3,11-12,19H2,1-2H3. The Balaban J connectivity index is 1.89. The Labute approximate surface area is 131 Å². The van der Waals surface area contributed by atoms with Gasteiger partial charge in [-0.25, -0.2) is 0 Å². The Bertz CT molecular complexity index is 636. The molecule has 0 spiro atoms. The number of anilines is 1. The lowest BCUT2D eigenvalue weighted by Crippen LogP contribution is -2.22. The number of nitrogen functional groups attached to an aromatic ring is 1. The smallest absolute Gasteiger partial charge is 0.176 e. The van der Waals surface area contributed by atoms with Gasteiger partial charge in [-0.3, -0.25) is 4.79 Å². The number of nitrogens with one attached hydrogen (secondary N) is 1. The molecule has 3 N–H and O–H groups in total. The second-order valence-electron chi connectivity index (χ2n) is 5.20. The topological polar surface area (TPSA) is 64.3 Å². The minimum Gasteiger partial charge on any atom is -0.492 e. The number of carbonyl (C=O) groups excluding carboxylic acids is 1. The number of benzene rings is 2. The first-order valence-electron chi connectivity index (χ1n) is 7.42. The van der Waals surface area contributed by atoms with Crippen LogP contribution in [0.25, 0.3) is 0 Å². The van der Waals surface area contributed by atoms with E-state index in [4.69, 9.17) is 10.5 Å². The molecule has 0 radical (unpaired) electrons. The van der Waals surface area contributed by atoms with Crippen molar-refractivity contribution in [3.05, 3.63) is 59.2 Å². The lowest BCUT2D eigenvalue weighted by Gasteiger charge is -2.09. The normalized spacial score (nSPS) is 10.5. The largest absolute Gasteiger partial charge is 0.492 e. The third-order valence-corrected chi connectivity index (χ3v) is 3.37. The molecule has 0 aliphatic heterocycles. The first-order chi connectivity index (χ1) is 10.6. The Kier molecular flexibility index (Phi) is 5.55. The van der Waals surface area contributed by atoms with E-state index in [-0.39, 0.29) is 12.3 Å². The van der Waals surface area contributed by atoms with Crippen molar-refractivity contribution < 1.29 is 9.53 Å². The van der Waals surface area contributed by atoms with Crippen molar-refractivity contribution in [1.82, 2.24) is 5.32 Å². The summed E-state index contributed by atoms with van der Waals surface area (Å²) in [7, 11) is 0. The highest BCUT2D eigenvalue weighted by atomic mass is 16.5. The summed E-state index contributed by atoms with van der Waals surface area (Å²) >= 11 is 0. The first kappa shape index (κ1) is 16.0. The minimum absolute atomic E-state index is 0.0156. The van der Waals surface area contributed by atoms with Gasteiger partial charge in [0.1, 0.15) is 5.75 Å². The van der Waals surface area contributed by atoms with Gasteiger partial charge in [-0.1, -0.05) is 29.8 Å².